The van der Waals surface area contributed by atoms with Gasteiger partial charge in [0.15, 0.2) is 0 Å². The molecule has 0 radical (unpaired) electrons. The predicted molar refractivity (Wildman–Crippen MR) is 84.3 cm³/mol. The molecule has 1 amide bonds. The van der Waals surface area contributed by atoms with E-state index in [-0.39, 0.29) is 5.56 Å². The molecule has 2 N–H and O–H groups in total. The molecule has 0 spiro atoms. The van der Waals surface area contributed by atoms with Crippen LogP contribution in [-0.2, 0) is 16.0 Å². The van der Waals surface area contributed by atoms with E-state index >= 15 is 0 Å². The van der Waals surface area contributed by atoms with Gasteiger partial charge in [0.25, 0.3) is 0 Å². The SMILES string of the molecule is CC(C)(C)OC(=O)NC(Cc1cccc(OC(F)(F)F)c1[N+](=O)[O-])C(=O)O. The minimum Gasteiger partial charge on any atom is -0.480 e. The largest absolute Gasteiger partial charge is 0.573 e. The first-order chi connectivity index (χ1) is 12.2. The molecule has 1 aromatic rings. The Kier molecular flexibility index (Phi) is 6.60. The second-order valence-electron chi connectivity index (χ2n) is 6.31. The standard InChI is InChI=1S/C15H17F3N2O7/c1-14(2,3)27-13(23)19-9(12(21)22)7-8-5-4-6-10(11(8)20(24)25)26-15(16,17)18/h4-6,9H,7H2,1-3H3,(H,19,23)(H,21,22). The van der Waals surface area contributed by atoms with Crippen LogP contribution < -0.4 is 10.1 Å². The first-order valence-electron chi connectivity index (χ1n) is 7.44. The third kappa shape index (κ3) is 7.38. The predicted octanol–water partition coefficient (Wildman–Crippen LogP) is 3.01. The van der Waals surface area contributed by atoms with Crippen LogP contribution in [0.3, 0.4) is 0 Å². The maximum Gasteiger partial charge on any atom is 0.573 e. The Hall–Kier alpha value is -3.05. The number of hydrogen-bond donors (Lipinski definition) is 2. The maximum absolute atomic E-state index is 12.4. The van der Waals surface area contributed by atoms with Gasteiger partial charge < -0.3 is 19.9 Å². The number of carbonyl (C=O) groups excluding carboxylic acids is 1. The molecule has 1 aromatic carbocycles. The highest BCUT2D eigenvalue weighted by atomic mass is 19.4. The van der Waals surface area contributed by atoms with E-state index in [2.05, 4.69) is 4.74 Å². The number of amides is 1. The number of halogens is 3. The highest BCUT2D eigenvalue weighted by Crippen LogP contribution is 2.35. The summed E-state index contributed by atoms with van der Waals surface area (Å²) in [4.78, 5) is 33.1. The molecule has 0 aliphatic heterocycles. The van der Waals surface area contributed by atoms with E-state index in [1.807, 2.05) is 5.32 Å². The van der Waals surface area contributed by atoms with Crippen molar-refractivity contribution in [1.82, 2.24) is 5.32 Å². The van der Waals surface area contributed by atoms with E-state index < -0.39 is 52.8 Å². The van der Waals surface area contributed by atoms with Crippen LogP contribution in [0.5, 0.6) is 5.75 Å². The first-order valence-corrected chi connectivity index (χ1v) is 7.44. The van der Waals surface area contributed by atoms with Gasteiger partial charge in [-0.3, -0.25) is 10.1 Å². The third-order valence-corrected chi connectivity index (χ3v) is 2.90. The molecule has 0 heterocycles. The van der Waals surface area contributed by atoms with Gasteiger partial charge in [-0.25, -0.2) is 9.59 Å². The number of para-hydroxylation sites is 1. The summed E-state index contributed by atoms with van der Waals surface area (Å²) in [6, 6.07) is 1.15. The number of nitro groups is 1. The first kappa shape index (κ1) is 22.0. The fourth-order valence-electron chi connectivity index (χ4n) is 2.02. The smallest absolute Gasteiger partial charge is 0.480 e. The van der Waals surface area contributed by atoms with Crippen LogP contribution in [0.1, 0.15) is 26.3 Å². The molecule has 9 nitrogen and oxygen atoms in total. The van der Waals surface area contributed by atoms with E-state index in [4.69, 9.17) is 4.74 Å². The van der Waals surface area contributed by atoms with E-state index in [9.17, 15) is 38.0 Å². The average molecular weight is 394 g/mol. The lowest BCUT2D eigenvalue weighted by Gasteiger charge is -2.22. The summed E-state index contributed by atoms with van der Waals surface area (Å²) >= 11 is 0. The Morgan fingerprint density at radius 1 is 1.30 bits per heavy atom. The third-order valence-electron chi connectivity index (χ3n) is 2.90. The van der Waals surface area contributed by atoms with E-state index in [1.165, 1.54) is 20.8 Å². The molecule has 0 aliphatic carbocycles. The van der Waals surface area contributed by atoms with Crippen molar-refractivity contribution in [2.45, 2.75) is 45.2 Å². The number of alkyl halides is 3. The summed E-state index contributed by atoms with van der Waals surface area (Å²) in [5, 5.41) is 22.4. The van der Waals surface area contributed by atoms with Gasteiger partial charge in [-0.1, -0.05) is 12.1 Å². The molecule has 1 rings (SSSR count). The van der Waals surface area contributed by atoms with Gasteiger partial charge in [-0.05, 0) is 26.8 Å². The Balaban J connectivity index is 3.15. The number of alkyl carbamates (subject to hydrolysis) is 1. The van der Waals surface area contributed by atoms with Crippen LogP contribution in [0.25, 0.3) is 0 Å². The minimum absolute atomic E-state index is 0.370. The van der Waals surface area contributed by atoms with Gasteiger partial charge in [0.2, 0.25) is 5.75 Å². The zero-order valence-electron chi connectivity index (χ0n) is 14.5. The lowest BCUT2D eigenvalue weighted by atomic mass is 10.0. The average Bonchev–Trinajstić information content (AvgIpc) is 2.42. The Morgan fingerprint density at radius 2 is 1.89 bits per heavy atom. The van der Waals surface area contributed by atoms with Crippen LogP contribution in [-0.4, -0.2) is 40.1 Å². The van der Waals surface area contributed by atoms with Crippen LogP contribution in [0.4, 0.5) is 23.7 Å². The highest BCUT2D eigenvalue weighted by molar-refractivity contribution is 5.80. The molecule has 12 heteroatoms. The van der Waals surface area contributed by atoms with Gasteiger partial charge in [0.05, 0.1) is 4.92 Å². The van der Waals surface area contributed by atoms with Crippen molar-refractivity contribution in [3.05, 3.63) is 33.9 Å². The summed E-state index contributed by atoms with van der Waals surface area (Å²) in [6.45, 7) is 4.60. The summed E-state index contributed by atoms with van der Waals surface area (Å²) in [6.07, 6.45) is -6.94. The van der Waals surface area contributed by atoms with Gasteiger partial charge in [-0.15, -0.1) is 13.2 Å². The molecule has 0 saturated carbocycles. The van der Waals surface area contributed by atoms with Crippen molar-refractivity contribution in [1.29, 1.82) is 0 Å². The fraction of sp³-hybridized carbons (Fsp3) is 0.467. The zero-order valence-corrected chi connectivity index (χ0v) is 14.5. The molecule has 1 atom stereocenters. The van der Waals surface area contributed by atoms with Crippen LogP contribution in [0, 0.1) is 10.1 Å². The maximum atomic E-state index is 12.4. The molecule has 0 aliphatic rings. The molecule has 0 aromatic heterocycles. The van der Waals surface area contributed by atoms with Crippen LogP contribution in [0.2, 0.25) is 0 Å². The number of nitro benzene ring substituents is 1. The van der Waals surface area contributed by atoms with E-state index in [0.717, 1.165) is 18.2 Å². The fourth-order valence-corrected chi connectivity index (χ4v) is 2.02. The molecule has 150 valence electrons. The Morgan fingerprint density at radius 3 is 2.33 bits per heavy atom. The van der Waals surface area contributed by atoms with Crippen molar-refractivity contribution in [3.8, 4) is 5.75 Å². The van der Waals surface area contributed by atoms with Gasteiger partial charge >= 0.3 is 24.1 Å². The summed E-state index contributed by atoms with van der Waals surface area (Å²) in [5.41, 5.74) is -2.35. The number of nitrogens with one attached hydrogen (secondary N) is 1. The number of aliphatic carboxylic acids is 1. The molecular weight excluding hydrogens is 377 g/mol. The minimum atomic E-state index is -5.18. The van der Waals surface area contributed by atoms with Crippen molar-refractivity contribution >= 4 is 17.7 Å². The molecular formula is C15H17F3N2O7. The molecule has 1 unspecified atom stereocenters. The van der Waals surface area contributed by atoms with E-state index in [1.54, 1.807) is 0 Å². The monoisotopic (exact) mass is 394 g/mol. The van der Waals surface area contributed by atoms with Crippen molar-refractivity contribution in [3.63, 3.8) is 0 Å². The lowest BCUT2D eigenvalue weighted by molar-refractivity contribution is -0.389. The summed E-state index contributed by atoms with van der Waals surface area (Å²) in [7, 11) is 0. The summed E-state index contributed by atoms with van der Waals surface area (Å²) in [5.74, 6) is -2.65. The number of hydrogen-bond acceptors (Lipinski definition) is 6. The molecule has 0 saturated heterocycles. The Bertz CT molecular complexity index is 729. The molecule has 27 heavy (non-hydrogen) atoms. The highest BCUT2D eigenvalue weighted by Gasteiger charge is 2.36. The van der Waals surface area contributed by atoms with Gasteiger partial charge in [0.1, 0.15) is 11.6 Å². The second kappa shape index (κ2) is 8.10. The normalized spacial score (nSPS) is 12.8. The van der Waals surface area contributed by atoms with Crippen LogP contribution >= 0.6 is 0 Å². The van der Waals surface area contributed by atoms with Crippen molar-refractivity contribution < 1.29 is 42.3 Å². The number of ether oxygens (including phenoxy) is 2. The molecule has 0 fully saturated rings. The number of benzene rings is 1. The Labute approximate surface area is 151 Å². The van der Waals surface area contributed by atoms with E-state index in [0.29, 0.717) is 0 Å². The number of carboxylic acid groups (broad SMARTS) is 1. The topological polar surface area (TPSA) is 128 Å². The number of nitrogens with zero attached hydrogens (tertiary/aromatic N) is 1. The van der Waals surface area contributed by atoms with Crippen LogP contribution in [0.15, 0.2) is 18.2 Å². The number of carbonyl (C=O) groups is 2. The van der Waals surface area contributed by atoms with Gasteiger partial charge in [0, 0.05) is 12.0 Å². The number of carboxylic acids is 1. The lowest BCUT2D eigenvalue weighted by Crippen LogP contribution is -2.44. The number of rotatable bonds is 6. The van der Waals surface area contributed by atoms with Crippen molar-refractivity contribution in [2.24, 2.45) is 0 Å². The summed E-state index contributed by atoms with van der Waals surface area (Å²) < 4.78 is 45.8. The zero-order chi connectivity index (χ0) is 21.0. The second-order valence-corrected chi connectivity index (χ2v) is 6.31. The molecule has 0 bridgehead atoms. The van der Waals surface area contributed by atoms with Crippen molar-refractivity contribution in [2.75, 3.05) is 0 Å². The quantitative estimate of drug-likeness (QED) is 0.561. The van der Waals surface area contributed by atoms with Gasteiger partial charge in [-0.2, -0.15) is 0 Å².